The zero-order valence-electron chi connectivity index (χ0n) is 12.0. The summed E-state index contributed by atoms with van der Waals surface area (Å²) in [5.41, 5.74) is 0.0613. The minimum Gasteiger partial charge on any atom is -0.339 e. The van der Waals surface area contributed by atoms with Crippen molar-refractivity contribution < 1.29 is 4.79 Å². The van der Waals surface area contributed by atoms with Crippen LogP contribution in [0.3, 0.4) is 0 Å². The van der Waals surface area contributed by atoms with Gasteiger partial charge in [-0.3, -0.25) is 4.79 Å². The fourth-order valence-electron chi connectivity index (χ4n) is 5.82. The minimum atomic E-state index is 0.0613. The molecule has 5 fully saturated rings. The van der Waals surface area contributed by atoms with Gasteiger partial charge in [-0.25, -0.2) is 0 Å². The minimum absolute atomic E-state index is 0.0613. The van der Waals surface area contributed by atoms with E-state index in [1.54, 1.807) is 0 Å². The van der Waals surface area contributed by atoms with Gasteiger partial charge in [0, 0.05) is 25.7 Å². The predicted molar refractivity (Wildman–Crippen MR) is 74.6 cm³/mol. The molecule has 4 saturated carbocycles. The lowest BCUT2D eigenvalue weighted by Gasteiger charge is -2.57. The van der Waals surface area contributed by atoms with Crippen LogP contribution >= 0.6 is 0 Å². The van der Waals surface area contributed by atoms with Crippen molar-refractivity contribution >= 4 is 5.91 Å². The van der Waals surface area contributed by atoms with Gasteiger partial charge in [-0.2, -0.15) is 0 Å². The first-order valence-corrected chi connectivity index (χ1v) is 8.17. The number of hydrogen-bond donors (Lipinski definition) is 1. The van der Waals surface area contributed by atoms with Crippen molar-refractivity contribution in [3.8, 4) is 0 Å². The molecule has 0 radical (unpaired) electrons. The predicted octanol–water partition coefficient (Wildman–Crippen LogP) is 2.02. The normalized spacial score (nSPS) is 48.6. The van der Waals surface area contributed by atoms with E-state index in [1.807, 2.05) is 0 Å². The molecule has 1 atom stereocenters. The Hall–Kier alpha value is -0.570. The topological polar surface area (TPSA) is 32.3 Å². The average molecular weight is 262 g/mol. The average Bonchev–Trinajstić information content (AvgIpc) is 2.36. The molecule has 0 unspecified atom stereocenters. The fraction of sp³-hybridized carbons (Fsp3) is 0.938. The molecule has 1 aliphatic heterocycles. The van der Waals surface area contributed by atoms with Crippen LogP contribution in [-0.4, -0.2) is 36.5 Å². The summed E-state index contributed by atoms with van der Waals surface area (Å²) < 4.78 is 0. The van der Waals surface area contributed by atoms with Gasteiger partial charge < -0.3 is 10.2 Å². The Labute approximate surface area is 116 Å². The van der Waals surface area contributed by atoms with Crippen molar-refractivity contribution in [1.29, 1.82) is 0 Å². The molecule has 5 rings (SSSR count). The second-order valence-corrected chi connectivity index (χ2v) is 7.80. The summed E-state index contributed by atoms with van der Waals surface area (Å²) in [4.78, 5) is 15.3. The van der Waals surface area contributed by atoms with Gasteiger partial charge in [0.1, 0.15) is 0 Å². The summed E-state index contributed by atoms with van der Waals surface area (Å²) in [5, 5.41) is 3.45. The molecule has 0 spiro atoms. The summed E-state index contributed by atoms with van der Waals surface area (Å²) in [6.07, 6.45) is 7.88. The van der Waals surface area contributed by atoms with E-state index in [1.165, 1.54) is 38.5 Å². The SMILES string of the molecule is C[C@H]1CN(C(=O)C23CC4CC(CC(C4)C2)C3)CCN1. The Kier molecular flexibility index (Phi) is 2.70. The van der Waals surface area contributed by atoms with Gasteiger partial charge in [-0.05, 0) is 63.2 Å². The van der Waals surface area contributed by atoms with E-state index in [4.69, 9.17) is 0 Å². The van der Waals surface area contributed by atoms with Crippen molar-refractivity contribution in [3.05, 3.63) is 0 Å². The van der Waals surface area contributed by atoms with E-state index < -0.39 is 0 Å². The number of amides is 1. The van der Waals surface area contributed by atoms with Crippen molar-refractivity contribution in [2.45, 2.75) is 51.5 Å². The molecule has 3 nitrogen and oxygen atoms in total. The molecule has 4 aliphatic carbocycles. The van der Waals surface area contributed by atoms with Crippen molar-refractivity contribution in [2.24, 2.45) is 23.2 Å². The summed E-state index contributed by atoms with van der Waals surface area (Å²) in [6.45, 7) is 5.00. The van der Waals surface area contributed by atoms with Crippen LogP contribution in [0.2, 0.25) is 0 Å². The molecule has 0 aromatic rings. The molecular formula is C16H26N2O. The lowest BCUT2D eigenvalue weighted by atomic mass is 9.49. The van der Waals surface area contributed by atoms with Gasteiger partial charge in [0.2, 0.25) is 5.91 Å². The summed E-state index contributed by atoms with van der Waals surface area (Å²) in [7, 11) is 0. The quantitative estimate of drug-likeness (QED) is 0.784. The van der Waals surface area contributed by atoms with Gasteiger partial charge in [0.15, 0.2) is 0 Å². The molecule has 1 N–H and O–H groups in total. The number of carbonyl (C=O) groups is 1. The van der Waals surface area contributed by atoms with Crippen molar-refractivity contribution in [3.63, 3.8) is 0 Å². The maximum atomic E-state index is 13.1. The van der Waals surface area contributed by atoms with Crippen LogP contribution in [0.5, 0.6) is 0 Å². The van der Waals surface area contributed by atoms with E-state index in [2.05, 4.69) is 17.1 Å². The highest BCUT2D eigenvalue weighted by Gasteiger charge is 2.55. The van der Waals surface area contributed by atoms with Crippen LogP contribution in [0.15, 0.2) is 0 Å². The van der Waals surface area contributed by atoms with E-state index in [0.29, 0.717) is 11.9 Å². The van der Waals surface area contributed by atoms with E-state index in [-0.39, 0.29) is 5.41 Å². The monoisotopic (exact) mass is 262 g/mol. The molecule has 0 aromatic carbocycles. The highest BCUT2D eigenvalue weighted by Crippen LogP contribution is 2.60. The number of nitrogens with one attached hydrogen (secondary N) is 1. The first-order valence-electron chi connectivity index (χ1n) is 8.17. The Bertz CT molecular complexity index is 357. The first kappa shape index (κ1) is 12.2. The number of piperazine rings is 1. The molecular weight excluding hydrogens is 236 g/mol. The summed E-state index contributed by atoms with van der Waals surface area (Å²) in [6, 6.07) is 0.464. The van der Waals surface area contributed by atoms with E-state index >= 15 is 0 Å². The van der Waals surface area contributed by atoms with Crippen LogP contribution < -0.4 is 5.32 Å². The maximum absolute atomic E-state index is 13.1. The highest BCUT2D eigenvalue weighted by molar-refractivity contribution is 5.83. The van der Waals surface area contributed by atoms with Crippen molar-refractivity contribution in [1.82, 2.24) is 10.2 Å². The van der Waals surface area contributed by atoms with Crippen LogP contribution in [0.4, 0.5) is 0 Å². The second-order valence-electron chi connectivity index (χ2n) is 7.80. The van der Waals surface area contributed by atoms with Crippen LogP contribution in [0.25, 0.3) is 0 Å². The number of rotatable bonds is 1. The van der Waals surface area contributed by atoms with E-state index in [9.17, 15) is 4.79 Å². The summed E-state index contributed by atoms with van der Waals surface area (Å²) in [5.74, 6) is 3.13. The maximum Gasteiger partial charge on any atom is 0.228 e. The van der Waals surface area contributed by atoms with Gasteiger partial charge in [0.05, 0.1) is 5.41 Å². The van der Waals surface area contributed by atoms with Crippen molar-refractivity contribution in [2.75, 3.05) is 19.6 Å². The standard InChI is InChI=1S/C16H26N2O/c1-11-10-18(3-2-17-11)15(19)16-7-12-4-13(8-16)6-14(5-12)9-16/h11-14,17H,2-10H2,1H3/t11-,12?,13?,14?,16?/m0/s1. The third-order valence-electron chi connectivity index (χ3n) is 6.15. The molecule has 0 aromatic heterocycles. The first-order chi connectivity index (χ1) is 9.14. The third kappa shape index (κ3) is 1.93. The third-order valence-corrected chi connectivity index (χ3v) is 6.15. The van der Waals surface area contributed by atoms with E-state index in [0.717, 1.165) is 37.4 Å². The molecule has 3 heteroatoms. The highest BCUT2D eigenvalue weighted by atomic mass is 16.2. The molecule has 1 amide bonds. The molecule has 5 aliphatic rings. The van der Waals surface area contributed by atoms with Gasteiger partial charge >= 0.3 is 0 Å². The lowest BCUT2D eigenvalue weighted by molar-refractivity contribution is -0.158. The second kappa shape index (κ2) is 4.21. The zero-order chi connectivity index (χ0) is 13.0. The Morgan fingerprint density at radius 2 is 1.68 bits per heavy atom. The molecule has 106 valence electrons. The van der Waals surface area contributed by atoms with Gasteiger partial charge in [0.25, 0.3) is 0 Å². The Morgan fingerprint density at radius 1 is 1.11 bits per heavy atom. The summed E-state index contributed by atoms with van der Waals surface area (Å²) >= 11 is 0. The molecule has 1 heterocycles. The molecule has 19 heavy (non-hydrogen) atoms. The smallest absolute Gasteiger partial charge is 0.228 e. The van der Waals surface area contributed by atoms with Crippen LogP contribution in [0.1, 0.15) is 45.4 Å². The fourth-order valence-corrected chi connectivity index (χ4v) is 5.82. The van der Waals surface area contributed by atoms with Gasteiger partial charge in [-0.15, -0.1) is 0 Å². The molecule has 4 bridgehead atoms. The van der Waals surface area contributed by atoms with Gasteiger partial charge in [-0.1, -0.05) is 0 Å². The lowest BCUT2D eigenvalue weighted by Crippen LogP contribution is -2.59. The number of hydrogen-bond acceptors (Lipinski definition) is 2. The van der Waals surface area contributed by atoms with Crippen LogP contribution in [0, 0.1) is 23.2 Å². The Morgan fingerprint density at radius 3 is 2.21 bits per heavy atom. The number of nitrogens with zero attached hydrogens (tertiary/aromatic N) is 1. The number of carbonyl (C=O) groups excluding carboxylic acids is 1. The largest absolute Gasteiger partial charge is 0.339 e. The Balaban J connectivity index is 1.56. The molecule has 1 saturated heterocycles. The van der Waals surface area contributed by atoms with Crippen LogP contribution in [-0.2, 0) is 4.79 Å². The zero-order valence-corrected chi connectivity index (χ0v) is 12.0.